The predicted octanol–water partition coefficient (Wildman–Crippen LogP) is -1.24. The summed E-state index contributed by atoms with van der Waals surface area (Å²) in [6, 6.07) is 0. The molecule has 29 heavy (non-hydrogen) atoms. The Morgan fingerprint density at radius 3 is 1.45 bits per heavy atom. The van der Waals surface area contributed by atoms with E-state index in [0.29, 0.717) is 66.0 Å². The van der Waals surface area contributed by atoms with E-state index in [2.05, 4.69) is 10.1 Å². The van der Waals surface area contributed by atoms with Gasteiger partial charge in [0.2, 0.25) is 5.91 Å². The van der Waals surface area contributed by atoms with Crippen LogP contribution in [0.15, 0.2) is 0 Å². The molecular weight excluding hydrogens is 394 g/mol. The van der Waals surface area contributed by atoms with Crippen molar-refractivity contribution in [1.29, 1.82) is 0 Å². The van der Waals surface area contributed by atoms with Gasteiger partial charge < -0.3 is 44.0 Å². The highest BCUT2D eigenvalue weighted by molar-refractivity contribution is 5.77. The average molecular weight is 425 g/mol. The zero-order chi connectivity index (χ0) is 21.6. The van der Waals surface area contributed by atoms with Crippen LogP contribution in [0.3, 0.4) is 0 Å². The molecule has 0 aliphatic heterocycles. The molecule has 3 N–H and O–H groups in total. The number of nitrogens with one attached hydrogen (secondary N) is 1. The molecule has 0 aromatic carbocycles. The Morgan fingerprint density at radius 1 is 0.552 bits per heavy atom. The van der Waals surface area contributed by atoms with Crippen molar-refractivity contribution in [2.75, 3.05) is 85.8 Å². The Morgan fingerprint density at radius 2 is 1.00 bits per heavy atom. The van der Waals surface area contributed by atoms with Gasteiger partial charge in [0.1, 0.15) is 13.2 Å². The van der Waals surface area contributed by atoms with Crippen LogP contribution in [0.25, 0.3) is 0 Å². The van der Waals surface area contributed by atoms with Crippen molar-refractivity contribution >= 4 is 17.8 Å². The monoisotopic (exact) mass is 425 g/mol. The number of carbonyl (C=O) groups is 3. The zero-order valence-electron chi connectivity index (χ0n) is 16.5. The van der Waals surface area contributed by atoms with Crippen LogP contribution in [0.2, 0.25) is 0 Å². The Bertz CT molecular complexity index is 434. The number of carbonyl (C=O) groups excluding carboxylic acids is 1. The maximum absolute atomic E-state index is 11.2. The molecule has 0 atom stereocenters. The summed E-state index contributed by atoms with van der Waals surface area (Å²) in [5, 5.41) is 19.3. The van der Waals surface area contributed by atoms with Crippen molar-refractivity contribution in [3.8, 4) is 0 Å². The number of amides is 1. The zero-order valence-corrected chi connectivity index (χ0v) is 16.5. The number of ether oxygens (including phenoxy) is 6. The normalized spacial score (nSPS) is 10.8. The highest BCUT2D eigenvalue weighted by Crippen LogP contribution is 1.86. The Hall–Kier alpha value is -1.83. The van der Waals surface area contributed by atoms with Crippen LogP contribution < -0.4 is 5.32 Å². The van der Waals surface area contributed by atoms with Gasteiger partial charge in [-0.25, -0.2) is 4.79 Å². The third-order valence-corrected chi connectivity index (χ3v) is 2.98. The second-order valence-corrected chi connectivity index (χ2v) is 5.44. The smallest absolute Gasteiger partial charge is 0.329 e. The van der Waals surface area contributed by atoms with Crippen LogP contribution in [0.5, 0.6) is 0 Å². The van der Waals surface area contributed by atoms with E-state index in [9.17, 15) is 14.4 Å². The quantitative estimate of drug-likeness (QED) is 0.178. The molecule has 0 heterocycles. The standard InChI is InChI=1S/C17H31NO11/c19-15(13-29-14-17(22)23)18-2-4-25-6-8-27-10-12-28-11-9-26-7-5-24-3-1-16(20)21/h1-14H2,(H,18,19)(H,20,21)(H,22,23). The van der Waals surface area contributed by atoms with E-state index in [1.807, 2.05) is 0 Å². The summed E-state index contributed by atoms with van der Waals surface area (Å²) in [6.45, 7) is 3.13. The van der Waals surface area contributed by atoms with Crippen molar-refractivity contribution in [1.82, 2.24) is 5.32 Å². The summed E-state index contributed by atoms with van der Waals surface area (Å²) in [5.41, 5.74) is 0. The lowest BCUT2D eigenvalue weighted by molar-refractivity contribution is -0.143. The number of hydrogen-bond acceptors (Lipinski definition) is 9. The molecule has 0 bridgehead atoms. The van der Waals surface area contributed by atoms with Gasteiger partial charge in [-0.1, -0.05) is 0 Å². The molecule has 0 radical (unpaired) electrons. The highest BCUT2D eigenvalue weighted by Gasteiger charge is 2.03. The minimum atomic E-state index is -1.13. The topological polar surface area (TPSA) is 159 Å². The van der Waals surface area contributed by atoms with Crippen molar-refractivity contribution in [2.45, 2.75) is 6.42 Å². The van der Waals surface area contributed by atoms with Gasteiger partial charge in [0, 0.05) is 6.54 Å². The molecule has 0 unspecified atom stereocenters. The van der Waals surface area contributed by atoms with Crippen LogP contribution in [0.4, 0.5) is 0 Å². The van der Waals surface area contributed by atoms with Crippen molar-refractivity contribution in [3.05, 3.63) is 0 Å². The first-order chi connectivity index (χ1) is 14.0. The Labute approximate surface area is 169 Å². The van der Waals surface area contributed by atoms with Gasteiger partial charge >= 0.3 is 11.9 Å². The molecule has 0 aromatic rings. The molecule has 12 heteroatoms. The second kappa shape index (κ2) is 20.9. The minimum absolute atomic E-state index is 0.0175. The lowest BCUT2D eigenvalue weighted by Gasteiger charge is -2.08. The fraction of sp³-hybridized carbons (Fsp3) is 0.824. The molecule has 0 aliphatic carbocycles. The van der Waals surface area contributed by atoms with Gasteiger partial charge in [0.15, 0.2) is 0 Å². The lowest BCUT2D eigenvalue weighted by Crippen LogP contribution is -2.31. The summed E-state index contributed by atoms with van der Waals surface area (Å²) in [5.74, 6) is -2.42. The molecular formula is C17H31NO11. The number of carboxylic acid groups (broad SMARTS) is 2. The summed E-state index contributed by atoms with van der Waals surface area (Å²) >= 11 is 0. The van der Waals surface area contributed by atoms with E-state index in [1.165, 1.54) is 0 Å². The third kappa shape index (κ3) is 24.1. The summed E-state index contributed by atoms with van der Waals surface area (Å²) in [7, 11) is 0. The Kier molecular flexibility index (Phi) is 19.6. The molecule has 170 valence electrons. The van der Waals surface area contributed by atoms with Crippen molar-refractivity contribution in [2.24, 2.45) is 0 Å². The molecule has 0 spiro atoms. The first-order valence-corrected chi connectivity index (χ1v) is 9.19. The molecule has 12 nitrogen and oxygen atoms in total. The van der Waals surface area contributed by atoms with Crippen LogP contribution in [0, 0.1) is 0 Å². The van der Waals surface area contributed by atoms with E-state index in [0.717, 1.165) is 0 Å². The molecule has 0 rings (SSSR count). The maximum Gasteiger partial charge on any atom is 0.329 e. The van der Waals surface area contributed by atoms with Gasteiger partial charge in [0.05, 0.1) is 72.5 Å². The van der Waals surface area contributed by atoms with Gasteiger partial charge in [-0.3, -0.25) is 9.59 Å². The minimum Gasteiger partial charge on any atom is -0.481 e. The summed E-state index contributed by atoms with van der Waals surface area (Å²) in [6.07, 6.45) is -0.0175. The van der Waals surface area contributed by atoms with Crippen molar-refractivity contribution < 1.29 is 53.0 Å². The third-order valence-electron chi connectivity index (χ3n) is 2.98. The molecule has 1 amide bonds. The van der Waals surface area contributed by atoms with Gasteiger partial charge in [-0.2, -0.15) is 0 Å². The van der Waals surface area contributed by atoms with Crippen LogP contribution in [-0.4, -0.2) is 114 Å². The van der Waals surface area contributed by atoms with E-state index < -0.39 is 24.5 Å². The fourth-order valence-corrected chi connectivity index (χ4v) is 1.69. The first-order valence-electron chi connectivity index (χ1n) is 9.19. The van der Waals surface area contributed by atoms with Gasteiger partial charge in [-0.05, 0) is 0 Å². The molecule has 0 aromatic heterocycles. The number of aliphatic carboxylic acids is 2. The molecule has 0 aliphatic rings. The largest absolute Gasteiger partial charge is 0.481 e. The Balaban J connectivity index is 3.12. The van der Waals surface area contributed by atoms with E-state index >= 15 is 0 Å². The first kappa shape index (κ1) is 27.2. The number of rotatable bonds is 22. The summed E-state index contributed by atoms with van der Waals surface area (Å²) < 4.78 is 30.8. The predicted molar refractivity (Wildman–Crippen MR) is 97.8 cm³/mol. The van der Waals surface area contributed by atoms with Crippen molar-refractivity contribution in [3.63, 3.8) is 0 Å². The number of carboxylic acids is 2. The molecule has 0 fully saturated rings. The number of hydrogen-bond donors (Lipinski definition) is 3. The molecule has 0 saturated carbocycles. The fourth-order valence-electron chi connectivity index (χ4n) is 1.69. The van der Waals surface area contributed by atoms with Crippen LogP contribution in [0.1, 0.15) is 6.42 Å². The highest BCUT2D eigenvalue weighted by atomic mass is 16.6. The van der Waals surface area contributed by atoms with E-state index in [-0.39, 0.29) is 19.6 Å². The molecule has 0 saturated heterocycles. The van der Waals surface area contributed by atoms with Crippen LogP contribution >= 0.6 is 0 Å². The lowest BCUT2D eigenvalue weighted by atomic mass is 10.5. The second-order valence-electron chi connectivity index (χ2n) is 5.44. The maximum atomic E-state index is 11.2. The average Bonchev–Trinajstić information content (AvgIpc) is 2.66. The SMILES string of the molecule is O=C(O)CCOCCOCCOCCOCCOCCNC(=O)COCC(=O)O. The van der Waals surface area contributed by atoms with Gasteiger partial charge in [-0.15, -0.1) is 0 Å². The van der Waals surface area contributed by atoms with E-state index in [4.69, 9.17) is 33.9 Å². The van der Waals surface area contributed by atoms with Crippen LogP contribution in [-0.2, 0) is 42.8 Å². The summed E-state index contributed by atoms with van der Waals surface area (Å²) in [4.78, 5) is 31.7. The van der Waals surface area contributed by atoms with Gasteiger partial charge in [0.25, 0.3) is 0 Å². The van der Waals surface area contributed by atoms with E-state index in [1.54, 1.807) is 0 Å².